The number of hydrogen-bond donors (Lipinski definition) is 0. The second-order valence-corrected chi connectivity index (χ2v) is 4.33. The van der Waals surface area contributed by atoms with Gasteiger partial charge in [0.1, 0.15) is 5.92 Å². The van der Waals surface area contributed by atoms with E-state index in [4.69, 9.17) is 5.26 Å². The van der Waals surface area contributed by atoms with Gasteiger partial charge in [0, 0.05) is 5.38 Å². The molecule has 0 amide bonds. The van der Waals surface area contributed by atoms with E-state index in [1.165, 1.54) is 0 Å². The Kier molecular flexibility index (Phi) is 2.79. The summed E-state index contributed by atoms with van der Waals surface area (Å²) in [4.78, 5) is 4.35. The van der Waals surface area contributed by atoms with Crippen LogP contribution in [0.3, 0.4) is 0 Å². The molecule has 0 bridgehead atoms. The molecule has 2 aromatic rings. The number of hydrogen-bond acceptors (Lipinski definition) is 3. The van der Waals surface area contributed by atoms with Crippen molar-refractivity contribution in [2.24, 2.45) is 0 Å². The van der Waals surface area contributed by atoms with Gasteiger partial charge in [-0.25, -0.2) is 4.98 Å². The minimum atomic E-state index is -0.240. The average Bonchev–Trinajstić information content (AvgIpc) is 2.68. The highest BCUT2D eigenvalue weighted by Gasteiger charge is 2.15. The van der Waals surface area contributed by atoms with Gasteiger partial charge in [0.05, 0.1) is 16.8 Å². The minimum Gasteiger partial charge on any atom is -0.245 e. The molecule has 0 radical (unpaired) electrons. The molecule has 2 nitrogen and oxygen atoms in total. The molecule has 1 aromatic heterocycles. The van der Waals surface area contributed by atoms with Gasteiger partial charge in [0.25, 0.3) is 0 Å². The zero-order valence-corrected chi connectivity index (χ0v) is 9.16. The van der Waals surface area contributed by atoms with Crippen LogP contribution in [0.15, 0.2) is 35.7 Å². The molecule has 0 saturated heterocycles. The molecule has 1 heterocycles. The lowest BCUT2D eigenvalue weighted by molar-refractivity contribution is 0.974. The Balaban J connectivity index is 2.38. The van der Waals surface area contributed by atoms with Crippen molar-refractivity contribution < 1.29 is 0 Å². The van der Waals surface area contributed by atoms with Gasteiger partial charge in [0.2, 0.25) is 0 Å². The topological polar surface area (TPSA) is 36.7 Å². The molecular weight excluding hydrogens is 204 g/mol. The van der Waals surface area contributed by atoms with E-state index in [0.717, 1.165) is 16.3 Å². The number of nitriles is 1. The van der Waals surface area contributed by atoms with E-state index in [0.29, 0.717) is 0 Å². The predicted molar refractivity (Wildman–Crippen MR) is 60.7 cm³/mol. The zero-order valence-electron chi connectivity index (χ0n) is 8.34. The van der Waals surface area contributed by atoms with E-state index < -0.39 is 0 Å². The third kappa shape index (κ3) is 2.05. The van der Waals surface area contributed by atoms with Crippen LogP contribution in [0.25, 0.3) is 0 Å². The van der Waals surface area contributed by atoms with Crippen LogP contribution in [0.4, 0.5) is 0 Å². The third-order valence-electron chi connectivity index (χ3n) is 2.19. The Morgan fingerprint density at radius 2 is 2.07 bits per heavy atom. The van der Waals surface area contributed by atoms with Crippen molar-refractivity contribution >= 4 is 11.3 Å². The van der Waals surface area contributed by atoms with E-state index in [-0.39, 0.29) is 5.92 Å². The van der Waals surface area contributed by atoms with Crippen LogP contribution < -0.4 is 0 Å². The van der Waals surface area contributed by atoms with Gasteiger partial charge in [-0.1, -0.05) is 30.3 Å². The van der Waals surface area contributed by atoms with Crippen molar-refractivity contribution in [2.45, 2.75) is 12.8 Å². The largest absolute Gasteiger partial charge is 0.245 e. The first kappa shape index (κ1) is 9.88. The summed E-state index contributed by atoms with van der Waals surface area (Å²) in [6.45, 7) is 1.95. The molecule has 74 valence electrons. The normalized spacial score (nSPS) is 12.0. The highest BCUT2D eigenvalue weighted by Crippen LogP contribution is 2.24. The number of aryl methyl sites for hydroxylation is 1. The number of rotatable bonds is 2. The van der Waals surface area contributed by atoms with Crippen LogP contribution in [0.1, 0.15) is 22.2 Å². The number of nitrogens with zero attached hydrogens (tertiary/aromatic N) is 2. The molecule has 0 aliphatic rings. The van der Waals surface area contributed by atoms with E-state index in [9.17, 15) is 0 Å². The molecule has 1 atom stereocenters. The van der Waals surface area contributed by atoms with E-state index >= 15 is 0 Å². The first-order valence-corrected chi connectivity index (χ1v) is 5.56. The van der Waals surface area contributed by atoms with Crippen LogP contribution in [0.5, 0.6) is 0 Å². The van der Waals surface area contributed by atoms with Crippen LogP contribution in [-0.4, -0.2) is 4.98 Å². The third-order valence-corrected chi connectivity index (χ3v) is 2.99. The monoisotopic (exact) mass is 214 g/mol. The van der Waals surface area contributed by atoms with Crippen LogP contribution in [-0.2, 0) is 0 Å². The zero-order chi connectivity index (χ0) is 10.7. The summed E-state index contributed by atoms with van der Waals surface area (Å²) in [5.41, 5.74) is 1.86. The van der Waals surface area contributed by atoms with E-state index in [1.54, 1.807) is 11.3 Å². The van der Waals surface area contributed by atoms with Crippen LogP contribution >= 0.6 is 11.3 Å². The fourth-order valence-electron chi connectivity index (χ4n) is 1.47. The fraction of sp³-hybridized carbons (Fsp3) is 0.167. The van der Waals surface area contributed by atoms with E-state index in [1.807, 2.05) is 42.6 Å². The molecule has 15 heavy (non-hydrogen) atoms. The minimum absolute atomic E-state index is 0.240. The van der Waals surface area contributed by atoms with Crippen molar-refractivity contribution in [1.82, 2.24) is 4.98 Å². The number of aromatic nitrogens is 1. The molecule has 0 fully saturated rings. The molecule has 3 heteroatoms. The average molecular weight is 214 g/mol. The van der Waals surface area contributed by atoms with Crippen LogP contribution in [0, 0.1) is 18.3 Å². The van der Waals surface area contributed by atoms with Crippen molar-refractivity contribution in [2.75, 3.05) is 0 Å². The second-order valence-electron chi connectivity index (χ2n) is 3.26. The molecule has 0 aliphatic carbocycles. The molecule has 2 rings (SSSR count). The first-order chi connectivity index (χ1) is 7.31. The Labute approximate surface area is 92.8 Å². The van der Waals surface area contributed by atoms with Crippen molar-refractivity contribution in [3.05, 3.63) is 52.0 Å². The van der Waals surface area contributed by atoms with Gasteiger partial charge < -0.3 is 0 Å². The van der Waals surface area contributed by atoms with Gasteiger partial charge in [-0.3, -0.25) is 0 Å². The predicted octanol–water partition coefficient (Wildman–Crippen LogP) is 3.11. The first-order valence-electron chi connectivity index (χ1n) is 4.68. The summed E-state index contributed by atoms with van der Waals surface area (Å²) in [6, 6.07) is 12.0. The van der Waals surface area contributed by atoms with Gasteiger partial charge in [-0.15, -0.1) is 11.3 Å². The highest BCUT2D eigenvalue weighted by atomic mass is 32.1. The van der Waals surface area contributed by atoms with Crippen LogP contribution in [0.2, 0.25) is 0 Å². The lowest BCUT2D eigenvalue weighted by atomic mass is 9.98. The molecular formula is C12H10N2S. The second kappa shape index (κ2) is 4.24. The lowest BCUT2D eigenvalue weighted by Crippen LogP contribution is -1.98. The summed E-state index contributed by atoms with van der Waals surface area (Å²) in [7, 11) is 0. The van der Waals surface area contributed by atoms with E-state index in [2.05, 4.69) is 11.1 Å². The molecule has 0 spiro atoms. The molecule has 0 aliphatic heterocycles. The van der Waals surface area contributed by atoms with Crippen molar-refractivity contribution in [3.63, 3.8) is 0 Å². The Morgan fingerprint density at radius 1 is 1.33 bits per heavy atom. The van der Waals surface area contributed by atoms with Gasteiger partial charge >= 0.3 is 0 Å². The maximum absolute atomic E-state index is 9.16. The maximum atomic E-state index is 9.16. The summed E-state index contributed by atoms with van der Waals surface area (Å²) in [6.07, 6.45) is 0. The number of benzene rings is 1. The summed E-state index contributed by atoms with van der Waals surface area (Å²) < 4.78 is 0. The Morgan fingerprint density at radius 3 is 2.60 bits per heavy atom. The van der Waals surface area contributed by atoms with Gasteiger partial charge in [0.15, 0.2) is 0 Å². The molecule has 0 unspecified atom stereocenters. The molecule has 0 saturated carbocycles. The standard InChI is InChI=1S/C12H10N2S/c1-9-14-12(8-15-9)11(7-13)10-5-3-2-4-6-10/h2-6,8,11H,1H3/t11-/m0/s1. The maximum Gasteiger partial charge on any atom is 0.114 e. The summed E-state index contributed by atoms with van der Waals surface area (Å²) in [5.74, 6) is -0.240. The molecule has 1 aromatic carbocycles. The summed E-state index contributed by atoms with van der Waals surface area (Å²) in [5, 5.41) is 12.1. The quantitative estimate of drug-likeness (QED) is 0.770. The lowest BCUT2D eigenvalue weighted by Gasteiger charge is -2.05. The smallest absolute Gasteiger partial charge is 0.114 e. The van der Waals surface area contributed by atoms with Crippen molar-refractivity contribution in [1.29, 1.82) is 5.26 Å². The fourth-order valence-corrected chi connectivity index (χ4v) is 2.11. The van der Waals surface area contributed by atoms with Crippen molar-refractivity contribution in [3.8, 4) is 6.07 Å². The molecule has 0 N–H and O–H groups in total. The van der Waals surface area contributed by atoms with Gasteiger partial charge in [-0.2, -0.15) is 5.26 Å². The SMILES string of the molecule is Cc1nc([C@@H](C#N)c2ccccc2)cs1. The highest BCUT2D eigenvalue weighted by molar-refractivity contribution is 7.09. The van der Waals surface area contributed by atoms with Gasteiger partial charge in [-0.05, 0) is 12.5 Å². The summed E-state index contributed by atoms with van der Waals surface area (Å²) >= 11 is 1.58. The Hall–Kier alpha value is -1.66. The Bertz CT molecular complexity index is 482. The number of thiazole rings is 1.